The minimum atomic E-state index is -0.340. The molecule has 3 rings (SSSR count). The first-order valence-corrected chi connectivity index (χ1v) is 8.47. The molecule has 0 unspecified atom stereocenters. The monoisotopic (exact) mass is 357 g/mol. The molecular weight excluding hydrogens is 341 g/mol. The van der Waals surface area contributed by atoms with Crippen molar-refractivity contribution in [3.05, 3.63) is 46.3 Å². The number of nitrogen functional groups attached to an aromatic ring is 1. The van der Waals surface area contributed by atoms with Crippen LogP contribution >= 0.6 is 11.3 Å². The molecule has 7 nitrogen and oxygen atoms in total. The number of hydrogen-bond donors (Lipinski definition) is 2. The summed E-state index contributed by atoms with van der Waals surface area (Å²) in [6.45, 7) is 2.58. The summed E-state index contributed by atoms with van der Waals surface area (Å²) in [6, 6.07) is 7.91. The highest BCUT2D eigenvalue weighted by Gasteiger charge is 2.16. The Hall–Kier alpha value is -2.99. The molecule has 2 aromatic heterocycles. The fourth-order valence-electron chi connectivity index (χ4n) is 2.37. The molecule has 0 aliphatic rings. The van der Waals surface area contributed by atoms with E-state index in [2.05, 4.69) is 26.7 Å². The Morgan fingerprint density at radius 2 is 2.08 bits per heavy atom. The molecule has 128 valence electrons. The number of aromatic nitrogens is 4. The van der Waals surface area contributed by atoms with Crippen molar-refractivity contribution in [2.24, 2.45) is 0 Å². The molecule has 0 radical (unpaired) electrons. The third-order valence-electron chi connectivity index (χ3n) is 3.57. The molecule has 0 saturated carbocycles. The maximum Gasteiger partial charge on any atom is 0.205 e. The Balaban J connectivity index is 1.69. The SMILES string of the molecule is Cc1nnc(NCCCc2nn(-c3ccc(F)cc3)c(N)c2C#N)s1. The molecule has 0 spiro atoms. The molecule has 2 heterocycles. The van der Waals surface area contributed by atoms with Gasteiger partial charge in [0, 0.05) is 6.54 Å². The highest BCUT2D eigenvalue weighted by Crippen LogP contribution is 2.22. The van der Waals surface area contributed by atoms with Gasteiger partial charge in [0.25, 0.3) is 0 Å². The van der Waals surface area contributed by atoms with E-state index in [1.807, 2.05) is 6.92 Å². The molecule has 0 aliphatic heterocycles. The maximum atomic E-state index is 13.1. The zero-order valence-corrected chi connectivity index (χ0v) is 14.3. The van der Waals surface area contributed by atoms with Crippen LogP contribution in [0, 0.1) is 24.1 Å². The Morgan fingerprint density at radius 3 is 2.72 bits per heavy atom. The smallest absolute Gasteiger partial charge is 0.205 e. The number of nitrogens with zero attached hydrogens (tertiary/aromatic N) is 5. The third-order valence-corrected chi connectivity index (χ3v) is 4.37. The molecular formula is C16H16FN7S. The van der Waals surface area contributed by atoms with Gasteiger partial charge in [0.05, 0.1) is 11.4 Å². The number of anilines is 2. The van der Waals surface area contributed by atoms with Gasteiger partial charge >= 0.3 is 0 Å². The Labute approximate surface area is 147 Å². The first-order valence-electron chi connectivity index (χ1n) is 7.66. The van der Waals surface area contributed by atoms with Crippen molar-refractivity contribution in [2.75, 3.05) is 17.6 Å². The summed E-state index contributed by atoms with van der Waals surface area (Å²) in [5.74, 6) is -0.0787. The van der Waals surface area contributed by atoms with Gasteiger partial charge in [-0.3, -0.25) is 0 Å². The Bertz CT molecular complexity index is 908. The van der Waals surface area contributed by atoms with Gasteiger partial charge in [-0.2, -0.15) is 10.4 Å². The lowest BCUT2D eigenvalue weighted by atomic mass is 10.1. The van der Waals surface area contributed by atoms with Crippen molar-refractivity contribution in [2.45, 2.75) is 19.8 Å². The zero-order valence-electron chi connectivity index (χ0n) is 13.5. The predicted molar refractivity (Wildman–Crippen MR) is 94.1 cm³/mol. The van der Waals surface area contributed by atoms with Crippen molar-refractivity contribution >= 4 is 22.3 Å². The molecule has 1 aromatic carbocycles. The average molecular weight is 357 g/mol. The van der Waals surface area contributed by atoms with Crippen LogP contribution in [0.15, 0.2) is 24.3 Å². The van der Waals surface area contributed by atoms with Crippen molar-refractivity contribution in [1.29, 1.82) is 5.26 Å². The van der Waals surface area contributed by atoms with Crippen molar-refractivity contribution in [3.8, 4) is 11.8 Å². The van der Waals surface area contributed by atoms with E-state index in [9.17, 15) is 9.65 Å². The van der Waals surface area contributed by atoms with Gasteiger partial charge in [-0.1, -0.05) is 11.3 Å². The van der Waals surface area contributed by atoms with Gasteiger partial charge in [-0.25, -0.2) is 9.07 Å². The summed E-state index contributed by atoms with van der Waals surface area (Å²) >= 11 is 1.49. The predicted octanol–water partition coefficient (Wildman–Crippen LogP) is 2.67. The third kappa shape index (κ3) is 3.75. The minimum absolute atomic E-state index is 0.261. The van der Waals surface area contributed by atoms with Crippen LogP contribution in [0.5, 0.6) is 0 Å². The topological polar surface area (TPSA) is 105 Å². The quantitative estimate of drug-likeness (QED) is 0.657. The van der Waals surface area contributed by atoms with Gasteiger partial charge in [-0.05, 0) is 44.0 Å². The fraction of sp³-hybridized carbons (Fsp3) is 0.250. The molecule has 0 aliphatic carbocycles. The van der Waals surface area contributed by atoms with Crippen LogP contribution in [-0.4, -0.2) is 26.5 Å². The van der Waals surface area contributed by atoms with Crippen LogP contribution in [0.3, 0.4) is 0 Å². The second-order valence-electron chi connectivity index (χ2n) is 5.36. The largest absolute Gasteiger partial charge is 0.382 e. The van der Waals surface area contributed by atoms with Gasteiger partial charge < -0.3 is 11.1 Å². The number of nitrogens with one attached hydrogen (secondary N) is 1. The molecule has 0 atom stereocenters. The van der Waals surface area contributed by atoms with Crippen LogP contribution < -0.4 is 11.1 Å². The summed E-state index contributed by atoms with van der Waals surface area (Å²) < 4.78 is 14.5. The van der Waals surface area contributed by atoms with Crippen molar-refractivity contribution < 1.29 is 4.39 Å². The molecule has 25 heavy (non-hydrogen) atoms. The van der Waals surface area contributed by atoms with Crippen LogP contribution in [0.1, 0.15) is 22.7 Å². The molecule has 0 saturated heterocycles. The summed E-state index contributed by atoms with van der Waals surface area (Å²) in [7, 11) is 0. The van der Waals surface area contributed by atoms with Crippen LogP contribution in [0.25, 0.3) is 5.69 Å². The van der Waals surface area contributed by atoms with E-state index in [0.717, 1.165) is 16.6 Å². The number of rotatable bonds is 6. The normalized spacial score (nSPS) is 10.6. The summed E-state index contributed by atoms with van der Waals surface area (Å²) in [5, 5.41) is 26.6. The number of hydrogen-bond acceptors (Lipinski definition) is 7. The molecule has 9 heteroatoms. The molecule has 3 N–H and O–H groups in total. The van der Waals surface area contributed by atoms with E-state index >= 15 is 0 Å². The first-order chi connectivity index (χ1) is 12.1. The first kappa shape index (κ1) is 16.9. The standard InChI is InChI=1S/C16H16FN7S/c1-10-21-22-16(25-10)20-8-2-3-14-13(9-18)15(19)24(23-14)12-6-4-11(17)5-7-12/h4-7H,2-3,8,19H2,1H3,(H,20,22). The van der Waals surface area contributed by atoms with E-state index in [-0.39, 0.29) is 11.6 Å². The van der Waals surface area contributed by atoms with Gasteiger partial charge in [0.2, 0.25) is 5.13 Å². The van der Waals surface area contributed by atoms with Crippen LogP contribution in [0.4, 0.5) is 15.3 Å². The minimum Gasteiger partial charge on any atom is -0.382 e. The molecule has 0 amide bonds. The lowest BCUT2D eigenvalue weighted by Crippen LogP contribution is -2.04. The number of benzene rings is 1. The lowest BCUT2D eigenvalue weighted by molar-refractivity contribution is 0.627. The number of halogens is 1. The van der Waals surface area contributed by atoms with E-state index in [0.29, 0.717) is 29.9 Å². The lowest BCUT2D eigenvalue weighted by Gasteiger charge is -2.03. The Kier molecular flexibility index (Phi) is 4.90. The van der Waals surface area contributed by atoms with E-state index in [4.69, 9.17) is 5.73 Å². The average Bonchev–Trinajstić information content (AvgIpc) is 3.15. The number of nitrogens with two attached hydrogens (primary N) is 1. The fourth-order valence-corrected chi connectivity index (χ4v) is 2.99. The maximum absolute atomic E-state index is 13.1. The van der Waals surface area contributed by atoms with Gasteiger partial charge in [0.1, 0.15) is 28.3 Å². The summed E-state index contributed by atoms with van der Waals surface area (Å²) in [6.07, 6.45) is 1.35. The number of nitriles is 1. The molecule has 0 bridgehead atoms. The highest BCUT2D eigenvalue weighted by atomic mass is 32.1. The summed E-state index contributed by atoms with van der Waals surface area (Å²) in [5.41, 5.74) is 7.63. The zero-order chi connectivity index (χ0) is 17.8. The van der Waals surface area contributed by atoms with Crippen LogP contribution in [-0.2, 0) is 6.42 Å². The summed E-state index contributed by atoms with van der Waals surface area (Å²) in [4.78, 5) is 0. The van der Waals surface area contributed by atoms with E-state index < -0.39 is 0 Å². The van der Waals surface area contributed by atoms with E-state index in [1.54, 1.807) is 12.1 Å². The van der Waals surface area contributed by atoms with Crippen molar-refractivity contribution in [1.82, 2.24) is 20.0 Å². The van der Waals surface area contributed by atoms with Crippen molar-refractivity contribution in [3.63, 3.8) is 0 Å². The highest BCUT2D eigenvalue weighted by molar-refractivity contribution is 7.15. The number of aryl methyl sites for hydroxylation is 2. The second kappa shape index (κ2) is 7.27. The Morgan fingerprint density at radius 1 is 1.32 bits per heavy atom. The molecule has 3 aromatic rings. The van der Waals surface area contributed by atoms with Gasteiger partial charge in [-0.15, -0.1) is 10.2 Å². The van der Waals surface area contributed by atoms with Crippen LogP contribution in [0.2, 0.25) is 0 Å². The van der Waals surface area contributed by atoms with Gasteiger partial charge in [0.15, 0.2) is 0 Å². The second-order valence-corrected chi connectivity index (χ2v) is 6.55. The molecule has 0 fully saturated rings. The van der Waals surface area contributed by atoms with E-state index in [1.165, 1.54) is 28.2 Å².